The molecule has 9 nitrogen and oxygen atoms in total. The molecule has 10 heteroatoms. The van der Waals surface area contributed by atoms with Gasteiger partial charge >= 0.3 is 5.97 Å². The van der Waals surface area contributed by atoms with Crippen molar-refractivity contribution in [2.75, 3.05) is 25.1 Å². The lowest BCUT2D eigenvalue weighted by molar-refractivity contribution is 0.0695. The Morgan fingerprint density at radius 1 is 1.50 bits per heavy atom. The standard InChI is InChI=1S/C20H22FN5O4/c1-30-24-16-10-25(7-5-11(16)4-6-22)19-15(21)8-13-17(27)14(20(28)29)9-26(12-2-3-12)18(13)23-19/h4,8-10,12,24H,2-3,5-7,22H2,1H3,(H,28,29). The van der Waals surface area contributed by atoms with Crippen molar-refractivity contribution >= 4 is 22.8 Å². The van der Waals surface area contributed by atoms with E-state index in [1.54, 1.807) is 15.7 Å². The van der Waals surface area contributed by atoms with Crippen LogP contribution in [0.25, 0.3) is 11.0 Å². The molecule has 158 valence electrons. The highest BCUT2D eigenvalue weighted by atomic mass is 19.1. The molecule has 0 bridgehead atoms. The quantitative estimate of drug-likeness (QED) is 0.609. The fourth-order valence-corrected chi connectivity index (χ4v) is 3.62. The van der Waals surface area contributed by atoms with Crippen LogP contribution in [0.5, 0.6) is 0 Å². The number of nitrogens with one attached hydrogen (secondary N) is 1. The van der Waals surface area contributed by atoms with Gasteiger partial charge in [-0.1, -0.05) is 6.08 Å². The number of fused-ring (bicyclic) bond motifs is 1. The number of rotatable bonds is 6. The second-order valence-corrected chi connectivity index (χ2v) is 7.24. The molecule has 0 spiro atoms. The molecule has 1 aliphatic heterocycles. The minimum Gasteiger partial charge on any atom is -0.477 e. The summed E-state index contributed by atoms with van der Waals surface area (Å²) in [4.78, 5) is 35.1. The van der Waals surface area contributed by atoms with Gasteiger partial charge in [0.05, 0.1) is 18.2 Å². The monoisotopic (exact) mass is 415 g/mol. The highest BCUT2D eigenvalue weighted by Gasteiger charge is 2.29. The van der Waals surface area contributed by atoms with E-state index >= 15 is 4.39 Å². The maximum atomic E-state index is 15.0. The number of nitrogens with zero attached hydrogens (tertiary/aromatic N) is 3. The topological polar surface area (TPSA) is 123 Å². The maximum absolute atomic E-state index is 15.0. The molecule has 0 aromatic carbocycles. The number of hydrogen-bond donors (Lipinski definition) is 3. The van der Waals surface area contributed by atoms with Crippen LogP contribution in [-0.2, 0) is 4.84 Å². The van der Waals surface area contributed by atoms with E-state index in [2.05, 4.69) is 10.5 Å². The van der Waals surface area contributed by atoms with Crippen molar-refractivity contribution in [3.8, 4) is 0 Å². The number of carboxylic acid groups (broad SMARTS) is 1. The first-order chi connectivity index (χ1) is 14.4. The van der Waals surface area contributed by atoms with Crippen LogP contribution in [0.15, 0.2) is 40.6 Å². The van der Waals surface area contributed by atoms with Crippen molar-refractivity contribution in [1.29, 1.82) is 0 Å². The summed E-state index contributed by atoms with van der Waals surface area (Å²) < 4.78 is 16.7. The molecule has 0 saturated heterocycles. The van der Waals surface area contributed by atoms with Gasteiger partial charge in [-0.25, -0.2) is 14.2 Å². The van der Waals surface area contributed by atoms with E-state index in [0.717, 1.165) is 24.5 Å². The number of carboxylic acids is 1. The largest absolute Gasteiger partial charge is 0.477 e. The first kappa shape index (κ1) is 20.0. The zero-order chi connectivity index (χ0) is 21.4. The lowest BCUT2D eigenvalue weighted by atomic mass is 10.1. The summed E-state index contributed by atoms with van der Waals surface area (Å²) in [6, 6.07) is 1.13. The zero-order valence-corrected chi connectivity index (χ0v) is 16.4. The summed E-state index contributed by atoms with van der Waals surface area (Å²) in [5, 5.41) is 9.31. The average molecular weight is 415 g/mol. The van der Waals surface area contributed by atoms with Crippen LogP contribution >= 0.6 is 0 Å². The molecule has 0 radical (unpaired) electrons. The Labute approximate surface area is 171 Å². The van der Waals surface area contributed by atoms with Gasteiger partial charge in [0.25, 0.3) is 0 Å². The molecule has 3 heterocycles. The fraction of sp³-hybridized carbons (Fsp3) is 0.350. The molecular formula is C20H22FN5O4. The summed E-state index contributed by atoms with van der Waals surface area (Å²) >= 11 is 0. The molecule has 2 aromatic heterocycles. The van der Waals surface area contributed by atoms with E-state index in [0.29, 0.717) is 25.2 Å². The third kappa shape index (κ3) is 3.55. The van der Waals surface area contributed by atoms with Crippen molar-refractivity contribution in [2.24, 2.45) is 5.73 Å². The third-order valence-electron chi connectivity index (χ3n) is 5.21. The van der Waals surface area contributed by atoms with Crippen LogP contribution < -0.4 is 21.5 Å². The molecule has 2 aliphatic rings. The highest BCUT2D eigenvalue weighted by molar-refractivity contribution is 5.92. The second kappa shape index (κ2) is 7.88. The van der Waals surface area contributed by atoms with Gasteiger partial charge < -0.3 is 20.3 Å². The summed E-state index contributed by atoms with van der Waals surface area (Å²) in [6.07, 6.45) is 7.14. The number of nitrogens with two attached hydrogens (primary N) is 1. The Bertz CT molecular complexity index is 1140. The Balaban J connectivity index is 1.87. The van der Waals surface area contributed by atoms with E-state index in [4.69, 9.17) is 10.6 Å². The smallest absolute Gasteiger partial charge is 0.341 e. The van der Waals surface area contributed by atoms with E-state index in [1.165, 1.54) is 13.3 Å². The minimum atomic E-state index is -1.34. The summed E-state index contributed by atoms with van der Waals surface area (Å²) in [6.45, 7) is 0.817. The van der Waals surface area contributed by atoms with Crippen molar-refractivity contribution in [1.82, 2.24) is 15.0 Å². The van der Waals surface area contributed by atoms with Gasteiger partial charge in [-0.2, -0.15) is 0 Å². The molecule has 1 aliphatic carbocycles. The van der Waals surface area contributed by atoms with Crippen molar-refractivity contribution < 1.29 is 19.1 Å². The predicted octanol–water partition coefficient (Wildman–Crippen LogP) is 1.66. The minimum absolute atomic E-state index is 0.0389. The SMILES string of the molecule is CONC1=CN(c2nc3c(cc2F)c(=O)c(C(=O)O)cn3C2CC2)CCC1=CCN. The Hall–Kier alpha value is -3.24. The number of hydrogen-bond acceptors (Lipinski definition) is 7. The maximum Gasteiger partial charge on any atom is 0.341 e. The summed E-state index contributed by atoms with van der Waals surface area (Å²) in [5.41, 5.74) is 9.12. The van der Waals surface area contributed by atoms with Crippen LogP contribution in [-0.4, -0.2) is 40.8 Å². The number of allylic oxidation sites excluding steroid dienone is 1. The molecular weight excluding hydrogens is 393 g/mol. The van der Waals surface area contributed by atoms with E-state index in [-0.39, 0.29) is 28.5 Å². The van der Waals surface area contributed by atoms with Gasteiger partial charge in [-0.3, -0.25) is 15.1 Å². The number of aromatic carboxylic acids is 1. The first-order valence-electron chi connectivity index (χ1n) is 9.60. The number of halogens is 1. The summed E-state index contributed by atoms with van der Waals surface area (Å²) in [5.74, 6) is -1.99. The molecule has 0 atom stereocenters. The lowest BCUT2D eigenvalue weighted by Crippen LogP contribution is -2.30. The van der Waals surface area contributed by atoms with Crippen molar-refractivity contribution in [2.45, 2.75) is 25.3 Å². The van der Waals surface area contributed by atoms with Crippen LogP contribution in [0, 0.1) is 5.82 Å². The summed E-state index contributed by atoms with van der Waals surface area (Å²) in [7, 11) is 1.48. The molecule has 30 heavy (non-hydrogen) atoms. The van der Waals surface area contributed by atoms with Gasteiger partial charge in [-0.15, -0.1) is 0 Å². The number of anilines is 1. The van der Waals surface area contributed by atoms with Crippen LogP contribution in [0.3, 0.4) is 0 Å². The Morgan fingerprint density at radius 3 is 2.90 bits per heavy atom. The van der Waals surface area contributed by atoms with Gasteiger partial charge in [0.2, 0.25) is 5.43 Å². The normalized spacial score (nSPS) is 18.0. The van der Waals surface area contributed by atoms with E-state index in [9.17, 15) is 14.7 Å². The van der Waals surface area contributed by atoms with Gasteiger partial charge in [-0.05, 0) is 30.9 Å². The lowest BCUT2D eigenvalue weighted by Gasteiger charge is -2.28. The van der Waals surface area contributed by atoms with Crippen molar-refractivity contribution in [3.05, 3.63) is 57.4 Å². The van der Waals surface area contributed by atoms with Crippen LogP contribution in [0.2, 0.25) is 0 Å². The van der Waals surface area contributed by atoms with Crippen LogP contribution in [0.4, 0.5) is 10.2 Å². The third-order valence-corrected chi connectivity index (χ3v) is 5.21. The Kier molecular flexibility index (Phi) is 5.27. The molecule has 2 aromatic rings. The van der Waals surface area contributed by atoms with Gasteiger partial charge in [0.1, 0.15) is 11.2 Å². The number of carbonyl (C=O) groups is 1. The second-order valence-electron chi connectivity index (χ2n) is 7.24. The fourth-order valence-electron chi connectivity index (χ4n) is 3.62. The van der Waals surface area contributed by atoms with Gasteiger partial charge in [0.15, 0.2) is 11.6 Å². The molecule has 1 saturated carbocycles. The first-order valence-corrected chi connectivity index (χ1v) is 9.60. The number of aromatic nitrogens is 2. The molecule has 0 amide bonds. The predicted molar refractivity (Wildman–Crippen MR) is 109 cm³/mol. The zero-order valence-electron chi connectivity index (χ0n) is 16.4. The average Bonchev–Trinajstić information content (AvgIpc) is 3.55. The van der Waals surface area contributed by atoms with Crippen LogP contribution in [0.1, 0.15) is 35.7 Å². The molecule has 1 fully saturated rings. The van der Waals surface area contributed by atoms with E-state index < -0.39 is 17.2 Å². The molecule has 0 unspecified atom stereocenters. The van der Waals surface area contributed by atoms with Crippen molar-refractivity contribution in [3.63, 3.8) is 0 Å². The Morgan fingerprint density at radius 2 is 2.27 bits per heavy atom. The number of pyridine rings is 2. The molecule has 4 N–H and O–H groups in total. The molecule has 4 rings (SSSR count). The number of hydroxylamine groups is 1. The highest BCUT2D eigenvalue weighted by Crippen LogP contribution is 2.37. The van der Waals surface area contributed by atoms with Gasteiger partial charge in [0, 0.05) is 31.5 Å². The van der Waals surface area contributed by atoms with E-state index in [1.807, 2.05) is 6.08 Å².